The van der Waals surface area contributed by atoms with Crippen LogP contribution in [0.15, 0.2) is 0 Å². The van der Waals surface area contributed by atoms with Gasteiger partial charge in [0.05, 0.1) is 6.61 Å². The number of aliphatic hydroxyl groups is 1. The summed E-state index contributed by atoms with van der Waals surface area (Å²) in [6.45, 7) is 3.57. The van der Waals surface area contributed by atoms with Crippen LogP contribution >= 0.6 is 0 Å². The minimum Gasteiger partial charge on any atom is -0.395 e. The molecule has 1 unspecified atom stereocenters. The Morgan fingerprint density at radius 1 is 1.75 bits per heavy atom. The Morgan fingerprint density at radius 2 is 2.50 bits per heavy atom. The van der Waals surface area contributed by atoms with E-state index in [1.807, 2.05) is 0 Å². The highest BCUT2D eigenvalue weighted by Crippen LogP contribution is 2.11. The molecule has 1 aliphatic heterocycles. The summed E-state index contributed by atoms with van der Waals surface area (Å²) in [5, 5.41) is 11.8. The van der Waals surface area contributed by atoms with Crippen molar-refractivity contribution in [3.63, 3.8) is 0 Å². The number of aliphatic hydroxyl groups excluding tert-OH is 1. The minimum atomic E-state index is 0.296. The van der Waals surface area contributed by atoms with Crippen molar-refractivity contribution in [1.82, 2.24) is 5.32 Å². The predicted molar refractivity (Wildman–Crippen MR) is 32.7 cm³/mol. The quantitative estimate of drug-likeness (QED) is 0.503. The fourth-order valence-corrected chi connectivity index (χ4v) is 1.16. The first-order valence-corrected chi connectivity index (χ1v) is 3.17. The topological polar surface area (TPSA) is 32.3 Å². The van der Waals surface area contributed by atoms with Crippen LogP contribution in [0.25, 0.3) is 0 Å². The Labute approximate surface area is 49.9 Å². The van der Waals surface area contributed by atoms with Gasteiger partial charge in [0.25, 0.3) is 0 Å². The molecule has 2 heteroatoms. The Balaban J connectivity index is 2.22. The lowest BCUT2D eigenvalue weighted by molar-refractivity contribution is 0.253. The first-order valence-electron chi connectivity index (χ1n) is 3.17. The number of hydrogen-bond donors (Lipinski definition) is 2. The van der Waals surface area contributed by atoms with Crippen LogP contribution in [-0.4, -0.2) is 24.3 Å². The van der Waals surface area contributed by atoms with Crippen LogP contribution in [0.4, 0.5) is 0 Å². The molecule has 1 rings (SSSR count). The predicted octanol–water partition coefficient (Wildman–Crippen LogP) is -0.0233. The maximum atomic E-state index is 8.62. The van der Waals surface area contributed by atoms with Crippen molar-refractivity contribution in [2.45, 2.75) is 19.4 Å². The lowest BCUT2D eigenvalue weighted by Gasteiger charge is -2.02. The zero-order valence-electron chi connectivity index (χ0n) is 5.22. The fourth-order valence-electron chi connectivity index (χ4n) is 1.16. The second kappa shape index (κ2) is 2.46. The molecule has 0 aromatic rings. The average molecular weight is 115 g/mol. The number of nitrogens with one attached hydrogen (secondary N) is 1. The van der Waals surface area contributed by atoms with Gasteiger partial charge in [0.15, 0.2) is 0 Å². The molecule has 0 amide bonds. The third kappa shape index (κ3) is 1.20. The normalized spacial score (nSPS) is 38.2. The van der Waals surface area contributed by atoms with Crippen LogP contribution < -0.4 is 5.32 Å². The smallest absolute Gasteiger partial charge is 0.0584 e. The third-order valence-electron chi connectivity index (χ3n) is 1.66. The maximum Gasteiger partial charge on any atom is 0.0584 e. The molecule has 0 spiro atoms. The summed E-state index contributed by atoms with van der Waals surface area (Å²) < 4.78 is 0. The van der Waals surface area contributed by atoms with Crippen LogP contribution in [0.3, 0.4) is 0 Å². The Hall–Kier alpha value is -0.0800. The molecule has 0 saturated carbocycles. The van der Waals surface area contributed by atoms with E-state index in [0.29, 0.717) is 12.6 Å². The van der Waals surface area contributed by atoms with E-state index in [9.17, 15) is 0 Å². The Bertz CT molecular complexity index is 74.9. The van der Waals surface area contributed by atoms with E-state index in [1.165, 1.54) is 0 Å². The number of hydrogen-bond acceptors (Lipinski definition) is 2. The monoisotopic (exact) mass is 115 g/mol. The molecule has 0 aromatic carbocycles. The molecule has 2 atom stereocenters. The van der Waals surface area contributed by atoms with Gasteiger partial charge in [0.2, 0.25) is 0 Å². The molecule has 1 fully saturated rings. The van der Waals surface area contributed by atoms with Crippen LogP contribution in [-0.2, 0) is 0 Å². The summed E-state index contributed by atoms with van der Waals surface area (Å²) in [7, 11) is 0. The van der Waals surface area contributed by atoms with Gasteiger partial charge in [-0.15, -0.1) is 0 Å². The van der Waals surface area contributed by atoms with Crippen LogP contribution in [0, 0.1) is 5.92 Å². The molecule has 0 radical (unpaired) electrons. The summed E-state index contributed by atoms with van der Waals surface area (Å²) >= 11 is 0. The van der Waals surface area contributed by atoms with Gasteiger partial charge in [-0.2, -0.15) is 0 Å². The van der Waals surface area contributed by atoms with Gasteiger partial charge >= 0.3 is 0 Å². The van der Waals surface area contributed by atoms with Crippen molar-refractivity contribution in [2.24, 2.45) is 5.92 Å². The Morgan fingerprint density at radius 3 is 2.75 bits per heavy atom. The molecule has 2 nitrogen and oxygen atoms in total. The largest absolute Gasteiger partial charge is 0.395 e. The van der Waals surface area contributed by atoms with E-state index in [-0.39, 0.29) is 0 Å². The van der Waals surface area contributed by atoms with Gasteiger partial charge in [-0.25, -0.2) is 0 Å². The van der Waals surface area contributed by atoms with E-state index >= 15 is 0 Å². The highest BCUT2D eigenvalue weighted by atomic mass is 16.3. The standard InChI is InChI=1S/C6H13NO/c1-5-2-6(4-8)7-3-5/h5-8H,2-4H2,1H3/t5?,6-/m0/s1. The van der Waals surface area contributed by atoms with Gasteiger partial charge in [0.1, 0.15) is 0 Å². The first kappa shape index (κ1) is 6.05. The van der Waals surface area contributed by atoms with Crippen molar-refractivity contribution in [1.29, 1.82) is 0 Å². The van der Waals surface area contributed by atoms with Crippen LogP contribution in [0.5, 0.6) is 0 Å². The highest BCUT2D eigenvalue weighted by molar-refractivity contribution is 4.77. The van der Waals surface area contributed by atoms with Gasteiger partial charge < -0.3 is 10.4 Å². The molecule has 1 heterocycles. The van der Waals surface area contributed by atoms with Crippen molar-refractivity contribution in [2.75, 3.05) is 13.2 Å². The average Bonchev–Trinajstić information content (AvgIpc) is 2.14. The van der Waals surface area contributed by atoms with E-state index in [1.54, 1.807) is 0 Å². The SMILES string of the molecule is CC1CN[C@H](CO)C1. The maximum absolute atomic E-state index is 8.62. The second-order valence-corrected chi connectivity index (χ2v) is 2.63. The van der Waals surface area contributed by atoms with Gasteiger partial charge in [0, 0.05) is 6.04 Å². The molecular formula is C6H13NO. The summed E-state index contributed by atoms with van der Waals surface area (Å²) in [6.07, 6.45) is 1.14. The first-order chi connectivity index (χ1) is 3.83. The van der Waals surface area contributed by atoms with Crippen molar-refractivity contribution in [3.8, 4) is 0 Å². The lowest BCUT2D eigenvalue weighted by Crippen LogP contribution is -2.24. The van der Waals surface area contributed by atoms with E-state index in [4.69, 9.17) is 5.11 Å². The molecule has 2 N–H and O–H groups in total. The van der Waals surface area contributed by atoms with E-state index in [0.717, 1.165) is 18.9 Å². The van der Waals surface area contributed by atoms with Crippen LogP contribution in [0.1, 0.15) is 13.3 Å². The molecule has 48 valence electrons. The summed E-state index contributed by atoms with van der Waals surface area (Å²) in [5.41, 5.74) is 0. The van der Waals surface area contributed by atoms with Crippen LogP contribution in [0.2, 0.25) is 0 Å². The molecule has 0 bridgehead atoms. The summed E-state index contributed by atoms with van der Waals surface area (Å²) in [5.74, 6) is 0.757. The second-order valence-electron chi connectivity index (χ2n) is 2.63. The van der Waals surface area contributed by atoms with Gasteiger partial charge in [-0.1, -0.05) is 6.92 Å². The highest BCUT2D eigenvalue weighted by Gasteiger charge is 2.18. The van der Waals surface area contributed by atoms with E-state index in [2.05, 4.69) is 12.2 Å². The molecule has 0 aliphatic carbocycles. The lowest BCUT2D eigenvalue weighted by atomic mass is 10.1. The van der Waals surface area contributed by atoms with Gasteiger partial charge in [-0.3, -0.25) is 0 Å². The third-order valence-corrected chi connectivity index (χ3v) is 1.66. The molecular weight excluding hydrogens is 102 g/mol. The van der Waals surface area contributed by atoms with Gasteiger partial charge in [-0.05, 0) is 18.9 Å². The summed E-state index contributed by atoms with van der Waals surface area (Å²) in [6, 6.07) is 0.380. The fraction of sp³-hybridized carbons (Fsp3) is 1.00. The zero-order chi connectivity index (χ0) is 5.98. The molecule has 1 aliphatic rings. The molecule has 1 saturated heterocycles. The van der Waals surface area contributed by atoms with Crippen molar-refractivity contribution in [3.05, 3.63) is 0 Å². The molecule has 0 aromatic heterocycles. The summed E-state index contributed by atoms with van der Waals surface area (Å²) in [4.78, 5) is 0. The number of rotatable bonds is 1. The van der Waals surface area contributed by atoms with E-state index < -0.39 is 0 Å². The van der Waals surface area contributed by atoms with Crippen molar-refractivity contribution >= 4 is 0 Å². The zero-order valence-corrected chi connectivity index (χ0v) is 5.22. The van der Waals surface area contributed by atoms with Crippen molar-refractivity contribution < 1.29 is 5.11 Å². The molecule has 8 heavy (non-hydrogen) atoms. The Kier molecular flexibility index (Phi) is 1.86. The minimum absolute atomic E-state index is 0.296.